The zero-order valence-corrected chi connectivity index (χ0v) is 10.3. The summed E-state index contributed by atoms with van der Waals surface area (Å²) < 4.78 is 42.5. The van der Waals surface area contributed by atoms with Gasteiger partial charge in [-0.2, -0.15) is 4.31 Å². The minimum atomic E-state index is -3.20. The number of benzene rings is 1. The zero-order valence-electron chi connectivity index (χ0n) is 9.47. The van der Waals surface area contributed by atoms with Crippen molar-refractivity contribution in [1.82, 2.24) is 4.31 Å². The van der Waals surface area contributed by atoms with Gasteiger partial charge in [-0.1, -0.05) is 12.1 Å². The van der Waals surface area contributed by atoms with Crippen molar-refractivity contribution in [2.75, 3.05) is 26.0 Å². The second-order valence-electron chi connectivity index (χ2n) is 4.03. The first-order valence-electron chi connectivity index (χ1n) is 5.29. The molecular weight excluding hydrogens is 245 g/mol. The van der Waals surface area contributed by atoms with E-state index in [2.05, 4.69) is 0 Å². The molecule has 1 aliphatic heterocycles. The molecule has 0 N–H and O–H groups in total. The van der Waals surface area contributed by atoms with E-state index < -0.39 is 10.0 Å². The molecule has 1 unspecified atom stereocenters. The summed E-state index contributed by atoms with van der Waals surface area (Å²) in [6, 6.07) is 5.92. The fraction of sp³-hybridized carbons (Fsp3) is 0.455. The predicted octanol–water partition coefficient (Wildman–Crippen LogP) is 1.16. The molecule has 2 rings (SSSR count). The Balaban J connectivity index is 2.15. The van der Waals surface area contributed by atoms with Crippen LogP contribution in [-0.4, -0.2) is 38.7 Å². The number of rotatable bonds is 2. The standard InChI is InChI=1S/C11H14FNO3S/c1-17(14,15)13-6-7-16-11(8-13)9-2-4-10(12)5-3-9/h2-5,11H,6-8H2,1H3. The minimum absolute atomic E-state index is 0.282. The molecule has 0 bridgehead atoms. The van der Waals surface area contributed by atoms with Crippen LogP contribution in [-0.2, 0) is 14.8 Å². The number of nitrogens with zero attached hydrogens (tertiary/aromatic N) is 1. The summed E-state index contributed by atoms with van der Waals surface area (Å²) in [4.78, 5) is 0. The lowest BCUT2D eigenvalue weighted by Crippen LogP contribution is -2.41. The lowest BCUT2D eigenvalue weighted by Gasteiger charge is -2.31. The van der Waals surface area contributed by atoms with Gasteiger partial charge in [0, 0.05) is 13.1 Å². The van der Waals surface area contributed by atoms with Crippen molar-refractivity contribution in [2.24, 2.45) is 0 Å². The van der Waals surface area contributed by atoms with Crippen molar-refractivity contribution in [1.29, 1.82) is 0 Å². The second-order valence-corrected chi connectivity index (χ2v) is 6.01. The molecule has 0 aromatic heterocycles. The van der Waals surface area contributed by atoms with Crippen LogP contribution < -0.4 is 0 Å². The molecule has 0 amide bonds. The van der Waals surface area contributed by atoms with E-state index >= 15 is 0 Å². The Bertz CT molecular complexity index is 486. The third-order valence-corrected chi connectivity index (χ3v) is 4.01. The van der Waals surface area contributed by atoms with E-state index in [0.717, 1.165) is 5.56 Å². The number of hydrogen-bond acceptors (Lipinski definition) is 3. The molecule has 4 nitrogen and oxygen atoms in total. The molecular formula is C11H14FNO3S. The van der Waals surface area contributed by atoms with Gasteiger partial charge in [-0.3, -0.25) is 0 Å². The molecule has 1 aromatic rings. The fourth-order valence-corrected chi connectivity index (χ4v) is 2.62. The van der Waals surface area contributed by atoms with E-state index in [0.29, 0.717) is 13.2 Å². The van der Waals surface area contributed by atoms with Crippen LogP contribution in [0.2, 0.25) is 0 Å². The Morgan fingerprint density at radius 3 is 2.59 bits per heavy atom. The molecule has 1 saturated heterocycles. The van der Waals surface area contributed by atoms with Crippen LogP contribution in [0.3, 0.4) is 0 Å². The smallest absolute Gasteiger partial charge is 0.211 e. The van der Waals surface area contributed by atoms with Gasteiger partial charge in [0.15, 0.2) is 0 Å². The molecule has 1 aliphatic rings. The van der Waals surface area contributed by atoms with Crippen LogP contribution in [0.1, 0.15) is 11.7 Å². The van der Waals surface area contributed by atoms with Gasteiger partial charge in [-0.05, 0) is 17.7 Å². The van der Waals surface area contributed by atoms with Crippen molar-refractivity contribution < 1.29 is 17.5 Å². The molecule has 17 heavy (non-hydrogen) atoms. The van der Waals surface area contributed by atoms with E-state index in [1.54, 1.807) is 12.1 Å². The number of morpholine rings is 1. The lowest BCUT2D eigenvalue weighted by molar-refractivity contribution is -0.00237. The first-order chi connectivity index (χ1) is 7.97. The Labute approximate surface area is 100 Å². The predicted molar refractivity (Wildman–Crippen MR) is 61.5 cm³/mol. The highest BCUT2D eigenvalue weighted by molar-refractivity contribution is 7.88. The Kier molecular flexibility index (Phi) is 3.46. The van der Waals surface area contributed by atoms with Gasteiger partial charge in [0.1, 0.15) is 5.82 Å². The van der Waals surface area contributed by atoms with E-state index in [1.165, 1.54) is 22.7 Å². The van der Waals surface area contributed by atoms with Gasteiger partial charge < -0.3 is 4.74 Å². The van der Waals surface area contributed by atoms with E-state index in [9.17, 15) is 12.8 Å². The molecule has 6 heteroatoms. The Hall–Kier alpha value is -0.980. The largest absolute Gasteiger partial charge is 0.371 e. The van der Waals surface area contributed by atoms with Crippen molar-refractivity contribution in [3.8, 4) is 0 Å². The lowest BCUT2D eigenvalue weighted by atomic mass is 10.1. The van der Waals surface area contributed by atoms with Crippen molar-refractivity contribution in [3.05, 3.63) is 35.6 Å². The maximum atomic E-state index is 12.8. The summed E-state index contributed by atoms with van der Waals surface area (Å²) in [7, 11) is -3.20. The molecule has 1 atom stereocenters. The van der Waals surface area contributed by atoms with Gasteiger partial charge in [0.05, 0.1) is 19.0 Å². The number of sulfonamides is 1. The van der Waals surface area contributed by atoms with Crippen LogP contribution in [0.25, 0.3) is 0 Å². The molecule has 0 saturated carbocycles. The fourth-order valence-electron chi connectivity index (χ4n) is 1.81. The maximum Gasteiger partial charge on any atom is 0.211 e. The van der Waals surface area contributed by atoms with Gasteiger partial charge in [0.25, 0.3) is 0 Å². The SMILES string of the molecule is CS(=O)(=O)N1CCOC(c2ccc(F)cc2)C1. The van der Waals surface area contributed by atoms with E-state index in [1.807, 2.05) is 0 Å². The molecule has 1 fully saturated rings. The van der Waals surface area contributed by atoms with Crippen molar-refractivity contribution in [2.45, 2.75) is 6.10 Å². The Morgan fingerprint density at radius 2 is 2.00 bits per heavy atom. The van der Waals surface area contributed by atoms with Crippen molar-refractivity contribution >= 4 is 10.0 Å². The quantitative estimate of drug-likeness (QED) is 0.800. The average molecular weight is 259 g/mol. The van der Waals surface area contributed by atoms with Gasteiger partial charge in [-0.15, -0.1) is 0 Å². The first kappa shape index (κ1) is 12.5. The van der Waals surface area contributed by atoms with Crippen LogP contribution in [0.4, 0.5) is 4.39 Å². The topological polar surface area (TPSA) is 46.6 Å². The zero-order chi connectivity index (χ0) is 12.5. The van der Waals surface area contributed by atoms with Crippen molar-refractivity contribution in [3.63, 3.8) is 0 Å². The van der Waals surface area contributed by atoms with Crippen LogP contribution in [0, 0.1) is 5.82 Å². The summed E-state index contributed by atoms with van der Waals surface area (Å²) in [5, 5.41) is 0. The summed E-state index contributed by atoms with van der Waals surface area (Å²) in [6.45, 7) is 1.01. The van der Waals surface area contributed by atoms with Crippen LogP contribution in [0.15, 0.2) is 24.3 Å². The summed E-state index contributed by atoms with van der Waals surface area (Å²) in [5.74, 6) is -0.315. The van der Waals surface area contributed by atoms with E-state index in [-0.39, 0.29) is 18.5 Å². The Morgan fingerprint density at radius 1 is 1.35 bits per heavy atom. The highest BCUT2D eigenvalue weighted by atomic mass is 32.2. The molecule has 1 heterocycles. The van der Waals surface area contributed by atoms with Crippen LogP contribution >= 0.6 is 0 Å². The molecule has 0 spiro atoms. The highest BCUT2D eigenvalue weighted by Crippen LogP contribution is 2.23. The molecule has 94 valence electrons. The third kappa shape index (κ3) is 3.02. The average Bonchev–Trinajstić information content (AvgIpc) is 2.29. The van der Waals surface area contributed by atoms with Gasteiger partial charge >= 0.3 is 0 Å². The first-order valence-corrected chi connectivity index (χ1v) is 7.14. The normalized spacial score (nSPS) is 22.6. The number of ether oxygens (including phenoxy) is 1. The van der Waals surface area contributed by atoms with Gasteiger partial charge in [-0.25, -0.2) is 12.8 Å². The minimum Gasteiger partial charge on any atom is -0.371 e. The summed E-state index contributed by atoms with van der Waals surface area (Å²) >= 11 is 0. The summed E-state index contributed by atoms with van der Waals surface area (Å²) in [6.07, 6.45) is 0.860. The molecule has 1 aromatic carbocycles. The maximum absolute atomic E-state index is 12.8. The second kappa shape index (κ2) is 4.72. The monoisotopic (exact) mass is 259 g/mol. The molecule has 0 radical (unpaired) electrons. The summed E-state index contributed by atoms with van der Waals surface area (Å²) in [5.41, 5.74) is 0.791. The van der Waals surface area contributed by atoms with Crippen LogP contribution in [0.5, 0.6) is 0 Å². The third-order valence-electron chi connectivity index (χ3n) is 2.74. The van der Waals surface area contributed by atoms with E-state index in [4.69, 9.17) is 4.74 Å². The number of halogens is 1. The van der Waals surface area contributed by atoms with Gasteiger partial charge in [0.2, 0.25) is 10.0 Å². The highest BCUT2D eigenvalue weighted by Gasteiger charge is 2.27. The number of hydrogen-bond donors (Lipinski definition) is 0. The molecule has 0 aliphatic carbocycles.